The molecule has 2 aromatic rings. The summed E-state index contributed by atoms with van der Waals surface area (Å²) in [5.74, 6) is 0. The van der Waals surface area contributed by atoms with Gasteiger partial charge in [-0.1, -0.05) is 36.4 Å². The van der Waals surface area contributed by atoms with Gasteiger partial charge in [0.2, 0.25) is 0 Å². The fourth-order valence-electron chi connectivity index (χ4n) is 1.39. The van der Waals surface area contributed by atoms with E-state index in [-0.39, 0.29) is 0 Å². The fraction of sp³-hybridized carbons (Fsp3) is 0.0909. The molecule has 0 bridgehead atoms. The van der Waals surface area contributed by atoms with E-state index in [1.807, 2.05) is 30.3 Å². The zero-order valence-electron chi connectivity index (χ0n) is 7.40. The Morgan fingerprint density at radius 1 is 1.00 bits per heavy atom. The highest BCUT2D eigenvalue weighted by Crippen LogP contribution is 2.22. The topological polar surface area (TPSA) is 23.3 Å². The molecule has 2 rings (SSSR count). The summed E-state index contributed by atoms with van der Waals surface area (Å²) in [7, 11) is 1.56. The molecule has 2 nitrogen and oxygen atoms in total. The highest BCUT2D eigenvalue weighted by atomic mass is 16.6. The molecule has 1 radical (unpaired) electrons. The van der Waals surface area contributed by atoms with Crippen molar-refractivity contribution in [3.8, 4) is 0 Å². The maximum absolute atomic E-state index is 4.76. The lowest BCUT2D eigenvalue weighted by Gasteiger charge is -2.03. The van der Waals surface area contributed by atoms with Crippen molar-refractivity contribution in [1.82, 2.24) is 5.48 Å². The molecule has 0 unspecified atom stereocenters. The standard InChI is InChI=1S/C11H10NO/c1-13-12-11-8-4-6-9-5-2-3-7-10(9)11/h2-8H,1H3. The van der Waals surface area contributed by atoms with Crippen LogP contribution in [0.1, 0.15) is 0 Å². The van der Waals surface area contributed by atoms with Crippen molar-refractivity contribution >= 4 is 16.5 Å². The summed E-state index contributed by atoms with van der Waals surface area (Å²) in [4.78, 5) is 4.76. The highest BCUT2D eigenvalue weighted by molar-refractivity contribution is 5.91. The van der Waals surface area contributed by atoms with E-state index in [2.05, 4.69) is 17.6 Å². The summed E-state index contributed by atoms with van der Waals surface area (Å²) in [6.07, 6.45) is 0. The van der Waals surface area contributed by atoms with Crippen LogP contribution in [0.3, 0.4) is 0 Å². The Morgan fingerprint density at radius 2 is 1.77 bits per heavy atom. The van der Waals surface area contributed by atoms with Crippen molar-refractivity contribution < 1.29 is 4.84 Å². The normalized spacial score (nSPS) is 10.2. The van der Waals surface area contributed by atoms with Crippen LogP contribution >= 0.6 is 0 Å². The maximum Gasteiger partial charge on any atom is 0.0983 e. The smallest absolute Gasteiger partial charge is 0.0983 e. The Bertz CT molecular complexity index is 406. The molecule has 0 fully saturated rings. The van der Waals surface area contributed by atoms with Crippen molar-refractivity contribution in [3.05, 3.63) is 42.5 Å². The Morgan fingerprint density at radius 3 is 2.62 bits per heavy atom. The number of benzene rings is 2. The first-order valence-electron chi connectivity index (χ1n) is 4.14. The van der Waals surface area contributed by atoms with Gasteiger partial charge in [0.15, 0.2) is 0 Å². The molecular formula is C11H10NO. The van der Waals surface area contributed by atoms with Crippen LogP contribution in [0.15, 0.2) is 42.5 Å². The zero-order chi connectivity index (χ0) is 9.10. The van der Waals surface area contributed by atoms with Gasteiger partial charge in [0.25, 0.3) is 0 Å². The van der Waals surface area contributed by atoms with Crippen molar-refractivity contribution in [3.63, 3.8) is 0 Å². The van der Waals surface area contributed by atoms with Gasteiger partial charge in [-0.3, -0.25) is 4.84 Å². The second-order valence-corrected chi connectivity index (χ2v) is 2.77. The quantitative estimate of drug-likeness (QED) is 0.639. The van der Waals surface area contributed by atoms with Crippen molar-refractivity contribution in [1.29, 1.82) is 0 Å². The SMILES string of the molecule is CO[N]c1cccc2ccccc12. The van der Waals surface area contributed by atoms with Crippen LogP contribution < -0.4 is 5.48 Å². The van der Waals surface area contributed by atoms with Gasteiger partial charge >= 0.3 is 0 Å². The van der Waals surface area contributed by atoms with E-state index in [1.165, 1.54) is 5.39 Å². The molecule has 0 saturated carbocycles. The average Bonchev–Trinajstić information content (AvgIpc) is 2.19. The third-order valence-corrected chi connectivity index (χ3v) is 1.96. The van der Waals surface area contributed by atoms with Crippen molar-refractivity contribution in [2.75, 3.05) is 7.11 Å². The molecule has 0 N–H and O–H groups in total. The number of rotatable bonds is 2. The largest absolute Gasteiger partial charge is 0.255 e. The molecule has 2 heteroatoms. The van der Waals surface area contributed by atoms with Gasteiger partial charge < -0.3 is 0 Å². The molecule has 0 spiro atoms. The molecule has 0 atom stereocenters. The first-order chi connectivity index (χ1) is 6.42. The molecule has 0 amide bonds. The summed E-state index contributed by atoms with van der Waals surface area (Å²) in [6, 6.07) is 14.1. The van der Waals surface area contributed by atoms with E-state index in [0.717, 1.165) is 11.1 Å². The van der Waals surface area contributed by atoms with E-state index in [9.17, 15) is 0 Å². The third-order valence-electron chi connectivity index (χ3n) is 1.96. The summed E-state index contributed by atoms with van der Waals surface area (Å²) in [6.45, 7) is 0. The van der Waals surface area contributed by atoms with Crippen LogP contribution in [-0.2, 0) is 4.84 Å². The minimum absolute atomic E-state index is 0.876. The van der Waals surface area contributed by atoms with Gasteiger partial charge in [-0.2, -0.15) is 0 Å². The summed E-state index contributed by atoms with van der Waals surface area (Å²) in [5, 5.41) is 2.30. The van der Waals surface area contributed by atoms with Gasteiger partial charge in [-0.25, -0.2) is 0 Å². The lowest BCUT2D eigenvalue weighted by Crippen LogP contribution is -1.94. The lowest BCUT2D eigenvalue weighted by atomic mass is 10.1. The maximum atomic E-state index is 4.76. The van der Waals surface area contributed by atoms with Crippen LogP contribution in [0.25, 0.3) is 10.8 Å². The third kappa shape index (κ3) is 1.48. The van der Waals surface area contributed by atoms with Crippen LogP contribution in [0, 0.1) is 0 Å². The molecule has 65 valence electrons. The predicted molar refractivity (Wildman–Crippen MR) is 52.8 cm³/mol. The Kier molecular flexibility index (Phi) is 2.15. The molecule has 0 aliphatic carbocycles. The molecule has 2 aromatic carbocycles. The number of hydrogen-bond donors (Lipinski definition) is 0. The molecule has 0 saturated heterocycles. The van der Waals surface area contributed by atoms with Gasteiger partial charge in [0.1, 0.15) is 0 Å². The van der Waals surface area contributed by atoms with Crippen molar-refractivity contribution in [2.24, 2.45) is 0 Å². The summed E-state index contributed by atoms with van der Waals surface area (Å²) < 4.78 is 0. The minimum atomic E-state index is 0.876. The molecule has 0 aliphatic rings. The molecule has 0 aliphatic heterocycles. The summed E-state index contributed by atoms with van der Waals surface area (Å²) in [5.41, 5.74) is 4.81. The predicted octanol–water partition coefficient (Wildman–Crippen LogP) is 2.64. The molecule has 0 aromatic heterocycles. The Hall–Kier alpha value is -1.54. The summed E-state index contributed by atoms with van der Waals surface area (Å²) >= 11 is 0. The number of nitrogens with zero attached hydrogens (tertiary/aromatic N) is 1. The van der Waals surface area contributed by atoms with Crippen LogP contribution in [0.2, 0.25) is 0 Å². The average molecular weight is 172 g/mol. The van der Waals surface area contributed by atoms with Crippen LogP contribution in [0.4, 0.5) is 5.69 Å². The monoisotopic (exact) mass is 172 g/mol. The minimum Gasteiger partial charge on any atom is -0.255 e. The second-order valence-electron chi connectivity index (χ2n) is 2.77. The van der Waals surface area contributed by atoms with Crippen LogP contribution in [0.5, 0.6) is 0 Å². The van der Waals surface area contributed by atoms with Crippen LogP contribution in [-0.4, -0.2) is 7.11 Å². The molecule has 13 heavy (non-hydrogen) atoms. The first-order valence-corrected chi connectivity index (χ1v) is 4.14. The zero-order valence-corrected chi connectivity index (χ0v) is 7.40. The van der Waals surface area contributed by atoms with E-state index < -0.39 is 0 Å². The first kappa shape index (κ1) is 8.08. The van der Waals surface area contributed by atoms with Gasteiger partial charge in [0.05, 0.1) is 12.8 Å². The van der Waals surface area contributed by atoms with Gasteiger partial charge in [-0.05, 0) is 11.5 Å². The fourth-order valence-corrected chi connectivity index (χ4v) is 1.39. The Balaban J connectivity index is 2.61. The molecular weight excluding hydrogens is 162 g/mol. The number of hydrogen-bond acceptors (Lipinski definition) is 1. The van der Waals surface area contributed by atoms with Crippen molar-refractivity contribution in [2.45, 2.75) is 0 Å². The van der Waals surface area contributed by atoms with Gasteiger partial charge in [-0.15, -0.1) is 5.48 Å². The second kappa shape index (κ2) is 3.46. The Labute approximate surface area is 77.1 Å². The van der Waals surface area contributed by atoms with E-state index in [4.69, 9.17) is 4.84 Å². The molecule has 0 heterocycles. The number of fused-ring (bicyclic) bond motifs is 1. The van der Waals surface area contributed by atoms with E-state index >= 15 is 0 Å². The lowest BCUT2D eigenvalue weighted by molar-refractivity contribution is 0.126. The van der Waals surface area contributed by atoms with Gasteiger partial charge in [0, 0.05) is 5.39 Å². The highest BCUT2D eigenvalue weighted by Gasteiger charge is 1.99. The van der Waals surface area contributed by atoms with E-state index in [0.29, 0.717) is 0 Å². The van der Waals surface area contributed by atoms with E-state index in [1.54, 1.807) is 7.11 Å².